The zero-order valence-corrected chi connectivity index (χ0v) is 12.8. The molecule has 0 unspecified atom stereocenters. The van der Waals surface area contributed by atoms with Crippen molar-refractivity contribution in [1.82, 2.24) is 0 Å². The van der Waals surface area contributed by atoms with E-state index in [1.807, 2.05) is 18.3 Å². The lowest BCUT2D eigenvalue weighted by molar-refractivity contribution is -0.134. The molecular formula is C17H16F2N2O2. The van der Waals surface area contributed by atoms with Crippen molar-refractivity contribution in [3.05, 3.63) is 59.7 Å². The summed E-state index contributed by atoms with van der Waals surface area (Å²) in [5.41, 5.74) is 0.835. The number of halogens is 2. The highest BCUT2D eigenvalue weighted by molar-refractivity contribution is 6.44. The second-order valence-electron chi connectivity index (χ2n) is 4.94. The number of rotatable bonds is 3. The van der Waals surface area contributed by atoms with E-state index in [1.54, 1.807) is 25.1 Å². The van der Waals surface area contributed by atoms with Gasteiger partial charge in [-0.1, -0.05) is 18.2 Å². The van der Waals surface area contributed by atoms with Gasteiger partial charge in [-0.3, -0.25) is 9.59 Å². The lowest BCUT2D eigenvalue weighted by Gasteiger charge is -2.21. The van der Waals surface area contributed by atoms with Crippen molar-refractivity contribution in [2.75, 3.05) is 16.8 Å². The summed E-state index contributed by atoms with van der Waals surface area (Å²) in [6, 6.07) is 10.2. The first-order valence-electron chi connectivity index (χ1n) is 7.07. The Morgan fingerprint density at radius 1 is 1.09 bits per heavy atom. The van der Waals surface area contributed by atoms with Gasteiger partial charge in [0.05, 0.1) is 0 Å². The van der Waals surface area contributed by atoms with Crippen molar-refractivity contribution in [3.8, 4) is 0 Å². The third kappa shape index (κ3) is 3.71. The lowest BCUT2D eigenvalue weighted by Crippen LogP contribution is -2.40. The van der Waals surface area contributed by atoms with Crippen LogP contribution in [-0.2, 0) is 9.59 Å². The number of anilines is 2. The first-order chi connectivity index (χ1) is 10.9. The van der Waals surface area contributed by atoms with Crippen LogP contribution in [0.5, 0.6) is 0 Å². The van der Waals surface area contributed by atoms with Crippen LogP contribution in [0, 0.1) is 18.6 Å². The van der Waals surface area contributed by atoms with E-state index in [1.165, 1.54) is 11.0 Å². The Bertz CT molecular complexity index is 727. The molecule has 23 heavy (non-hydrogen) atoms. The summed E-state index contributed by atoms with van der Waals surface area (Å²) >= 11 is 0. The maximum absolute atomic E-state index is 13.6. The maximum atomic E-state index is 13.6. The highest BCUT2D eigenvalue weighted by Gasteiger charge is 2.24. The van der Waals surface area contributed by atoms with Crippen LogP contribution < -0.4 is 10.2 Å². The number of nitrogens with one attached hydrogen (secondary N) is 1. The molecule has 0 radical (unpaired) electrons. The second kappa shape index (κ2) is 7.00. The molecule has 2 amide bonds. The highest BCUT2D eigenvalue weighted by Crippen LogP contribution is 2.19. The SMILES string of the molecule is CCN(C(=O)C(=O)Nc1c(F)cccc1F)c1cccc(C)c1. The molecule has 0 aliphatic heterocycles. The standard InChI is InChI=1S/C17H16F2N2O2/c1-3-21(12-7-4-6-11(2)10-12)17(23)16(22)20-15-13(18)8-5-9-14(15)19/h4-10H,3H2,1-2H3,(H,20,22). The van der Waals surface area contributed by atoms with E-state index in [-0.39, 0.29) is 6.54 Å². The first kappa shape index (κ1) is 16.6. The molecule has 4 nitrogen and oxygen atoms in total. The summed E-state index contributed by atoms with van der Waals surface area (Å²) in [4.78, 5) is 25.6. The van der Waals surface area contributed by atoms with Gasteiger partial charge in [0.2, 0.25) is 0 Å². The minimum absolute atomic E-state index is 0.245. The van der Waals surface area contributed by atoms with Crippen LogP contribution >= 0.6 is 0 Å². The summed E-state index contributed by atoms with van der Waals surface area (Å²) in [5.74, 6) is -3.87. The molecule has 0 fully saturated rings. The topological polar surface area (TPSA) is 49.4 Å². The zero-order chi connectivity index (χ0) is 17.0. The summed E-state index contributed by atoms with van der Waals surface area (Å²) in [6.45, 7) is 3.81. The second-order valence-corrected chi connectivity index (χ2v) is 4.94. The molecule has 120 valence electrons. The molecule has 2 aromatic carbocycles. The molecule has 1 N–H and O–H groups in total. The van der Waals surface area contributed by atoms with E-state index in [4.69, 9.17) is 0 Å². The summed E-state index contributed by atoms with van der Waals surface area (Å²) < 4.78 is 27.1. The Kier molecular flexibility index (Phi) is 5.05. The molecule has 0 bridgehead atoms. The first-order valence-corrected chi connectivity index (χ1v) is 7.07. The Morgan fingerprint density at radius 3 is 2.26 bits per heavy atom. The van der Waals surface area contributed by atoms with Crippen LogP contribution in [0.15, 0.2) is 42.5 Å². The minimum Gasteiger partial charge on any atom is -0.313 e. The fraction of sp³-hybridized carbons (Fsp3) is 0.176. The normalized spacial score (nSPS) is 10.3. The number of aryl methyl sites for hydroxylation is 1. The Labute approximate surface area is 132 Å². The van der Waals surface area contributed by atoms with Crippen LogP contribution in [0.2, 0.25) is 0 Å². The molecule has 0 saturated heterocycles. The Hall–Kier alpha value is -2.76. The number of benzene rings is 2. The Balaban J connectivity index is 2.22. The van der Waals surface area contributed by atoms with Gasteiger partial charge in [-0.05, 0) is 43.7 Å². The van der Waals surface area contributed by atoms with Gasteiger partial charge >= 0.3 is 11.8 Å². The summed E-state index contributed by atoms with van der Waals surface area (Å²) in [5, 5.41) is 2.00. The smallest absolute Gasteiger partial charge is 0.313 e. The van der Waals surface area contributed by atoms with Crippen molar-refractivity contribution in [2.45, 2.75) is 13.8 Å². The largest absolute Gasteiger partial charge is 0.316 e. The van der Waals surface area contributed by atoms with E-state index in [0.717, 1.165) is 17.7 Å². The fourth-order valence-corrected chi connectivity index (χ4v) is 2.15. The lowest BCUT2D eigenvalue weighted by atomic mass is 10.2. The predicted octanol–water partition coefficient (Wildman–Crippen LogP) is 3.26. The van der Waals surface area contributed by atoms with Gasteiger partial charge in [0.1, 0.15) is 17.3 Å². The van der Waals surface area contributed by atoms with Crippen molar-refractivity contribution < 1.29 is 18.4 Å². The summed E-state index contributed by atoms with van der Waals surface area (Å²) in [7, 11) is 0. The zero-order valence-electron chi connectivity index (χ0n) is 12.8. The molecule has 0 atom stereocenters. The molecule has 6 heteroatoms. The number of nitrogens with zero attached hydrogens (tertiary/aromatic N) is 1. The van der Waals surface area contributed by atoms with Gasteiger partial charge in [-0.2, -0.15) is 0 Å². The van der Waals surface area contributed by atoms with Crippen LogP contribution in [0.25, 0.3) is 0 Å². The van der Waals surface area contributed by atoms with Gasteiger partial charge in [-0.15, -0.1) is 0 Å². The van der Waals surface area contributed by atoms with E-state index in [2.05, 4.69) is 0 Å². The van der Waals surface area contributed by atoms with E-state index >= 15 is 0 Å². The van der Waals surface area contributed by atoms with Gasteiger partial charge in [-0.25, -0.2) is 8.78 Å². The van der Waals surface area contributed by atoms with Crippen molar-refractivity contribution in [2.24, 2.45) is 0 Å². The quantitative estimate of drug-likeness (QED) is 0.883. The van der Waals surface area contributed by atoms with E-state index < -0.39 is 29.1 Å². The molecule has 0 spiro atoms. The van der Waals surface area contributed by atoms with Gasteiger partial charge in [0.25, 0.3) is 0 Å². The van der Waals surface area contributed by atoms with Gasteiger partial charge in [0, 0.05) is 12.2 Å². The highest BCUT2D eigenvalue weighted by atomic mass is 19.1. The molecule has 0 heterocycles. The minimum atomic E-state index is -1.10. The third-order valence-corrected chi connectivity index (χ3v) is 3.27. The molecule has 2 aromatic rings. The number of para-hydroxylation sites is 1. The number of hydrogen-bond donors (Lipinski definition) is 1. The van der Waals surface area contributed by atoms with Crippen molar-refractivity contribution in [3.63, 3.8) is 0 Å². The maximum Gasteiger partial charge on any atom is 0.316 e. The van der Waals surface area contributed by atoms with Crippen molar-refractivity contribution >= 4 is 23.2 Å². The third-order valence-electron chi connectivity index (χ3n) is 3.27. The molecule has 0 saturated carbocycles. The van der Waals surface area contributed by atoms with Crippen LogP contribution in [-0.4, -0.2) is 18.4 Å². The average Bonchev–Trinajstić information content (AvgIpc) is 2.51. The molecular weight excluding hydrogens is 302 g/mol. The van der Waals surface area contributed by atoms with Crippen LogP contribution in [0.1, 0.15) is 12.5 Å². The number of carbonyl (C=O) groups excluding carboxylic acids is 2. The van der Waals surface area contributed by atoms with Crippen LogP contribution in [0.4, 0.5) is 20.2 Å². The molecule has 0 aromatic heterocycles. The Morgan fingerprint density at radius 2 is 1.70 bits per heavy atom. The number of amides is 2. The number of hydrogen-bond acceptors (Lipinski definition) is 2. The number of likely N-dealkylation sites (N-methyl/N-ethyl adjacent to an activating group) is 1. The van der Waals surface area contributed by atoms with E-state index in [9.17, 15) is 18.4 Å². The van der Waals surface area contributed by atoms with Gasteiger partial charge < -0.3 is 10.2 Å². The molecule has 0 aliphatic carbocycles. The summed E-state index contributed by atoms with van der Waals surface area (Å²) in [6.07, 6.45) is 0. The molecule has 0 aliphatic rings. The van der Waals surface area contributed by atoms with Crippen molar-refractivity contribution in [1.29, 1.82) is 0 Å². The predicted molar refractivity (Wildman–Crippen MR) is 84.2 cm³/mol. The molecule has 2 rings (SSSR count). The van der Waals surface area contributed by atoms with E-state index in [0.29, 0.717) is 5.69 Å². The van der Waals surface area contributed by atoms with Gasteiger partial charge in [0.15, 0.2) is 0 Å². The average molecular weight is 318 g/mol. The fourth-order valence-electron chi connectivity index (χ4n) is 2.15. The van der Waals surface area contributed by atoms with Crippen LogP contribution in [0.3, 0.4) is 0 Å². The monoisotopic (exact) mass is 318 g/mol. The number of carbonyl (C=O) groups is 2.